The first-order valence-electron chi connectivity index (χ1n) is 8.84. The lowest BCUT2D eigenvalue weighted by Crippen LogP contribution is -2.43. The number of H-pyrrole nitrogens is 1. The Kier molecular flexibility index (Phi) is 4.24. The molecule has 0 saturated heterocycles. The number of aromatic nitrogens is 1. The van der Waals surface area contributed by atoms with Gasteiger partial charge in [0.05, 0.1) is 6.54 Å². The van der Waals surface area contributed by atoms with E-state index in [1.807, 2.05) is 31.1 Å². The Morgan fingerprint density at radius 2 is 1.88 bits per heavy atom. The van der Waals surface area contributed by atoms with Crippen molar-refractivity contribution in [3.63, 3.8) is 0 Å². The van der Waals surface area contributed by atoms with Crippen LogP contribution in [-0.2, 0) is 17.8 Å². The number of nitrogens with zero attached hydrogens (tertiary/aromatic N) is 2. The zero-order valence-electron chi connectivity index (χ0n) is 15.0. The normalized spacial score (nSPS) is 15.3. The van der Waals surface area contributed by atoms with Gasteiger partial charge in [0.25, 0.3) is 0 Å². The minimum atomic E-state index is -0.623. The first kappa shape index (κ1) is 16.8. The van der Waals surface area contributed by atoms with Gasteiger partial charge in [0.2, 0.25) is 5.91 Å². The fraction of sp³-hybridized carbons (Fsp3) is 0.286. The molecule has 0 bridgehead atoms. The molecule has 1 aliphatic heterocycles. The molecular formula is C21H22FN3O. The van der Waals surface area contributed by atoms with Crippen LogP contribution in [0, 0.1) is 5.82 Å². The van der Waals surface area contributed by atoms with Crippen LogP contribution >= 0.6 is 0 Å². The van der Waals surface area contributed by atoms with Crippen molar-refractivity contribution in [3.8, 4) is 0 Å². The molecule has 0 aliphatic carbocycles. The Bertz CT molecular complexity index is 963. The van der Waals surface area contributed by atoms with E-state index in [1.165, 1.54) is 17.0 Å². The summed E-state index contributed by atoms with van der Waals surface area (Å²) in [4.78, 5) is 20.3. The molecule has 26 heavy (non-hydrogen) atoms. The highest BCUT2D eigenvalue weighted by Crippen LogP contribution is 2.30. The Labute approximate surface area is 152 Å². The fourth-order valence-corrected chi connectivity index (χ4v) is 3.88. The van der Waals surface area contributed by atoms with Gasteiger partial charge in [0, 0.05) is 28.7 Å². The summed E-state index contributed by atoms with van der Waals surface area (Å²) < 4.78 is 14.3. The smallest absolute Gasteiger partial charge is 0.244 e. The molecule has 1 amide bonds. The van der Waals surface area contributed by atoms with E-state index in [9.17, 15) is 9.18 Å². The Morgan fingerprint density at radius 1 is 1.15 bits per heavy atom. The number of halogens is 1. The standard InChI is InChI=1S/C21H22FN3O/c1-24(2)20(16-8-3-5-9-17(16)22)21(26)25-12-11-15-14-7-4-6-10-18(14)23-19(15)13-25/h3-10,20,23H,11-13H2,1-2H3/t20-/m1/s1. The maximum absolute atomic E-state index is 14.3. The summed E-state index contributed by atoms with van der Waals surface area (Å²) in [5.41, 5.74) is 3.89. The molecule has 1 aliphatic rings. The first-order chi connectivity index (χ1) is 12.6. The van der Waals surface area contributed by atoms with Gasteiger partial charge < -0.3 is 9.88 Å². The number of aromatic amines is 1. The number of benzene rings is 2. The Balaban J connectivity index is 1.65. The molecule has 4 rings (SSSR count). The predicted molar refractivity (Wildman–Crippen MR) is 100 cm³/mol. The number of nitrogens with one attached hydrogen (secondary N) is 1. The SMILES string of the molecule is CN(C)[C@@H](C(=O)N1CCc2c([nH]c3ccccc23)C1)c1ccccc1F. The molecule has 4 nitrogen and oxygen atoms in total. The average Bonchev–Trinajstić information content (AvgIpc) is 3.01. The molecule has 1 aromatic heterocycles. The van der Waals surface area contributed by atoms with E-state index in [2.05, 4.69) is 17.1 Å². The zero-order valence-corrected chi connectivity index (χ0v) is 15.0. The van der Waals surface area contributed by atoms with Crippen LogP contribution in [0.25, 0.3) is 10.9 Å². The van der Waals surface area contributed by atoms with E-state index < -0.39 is 6.04 Å². The number of hydrogen-bond donors (Lipinski definition) is 1. The molecular weight excluding hydrogens is 329 g/mol. The van der Waals surface area contributed by atoms with Crippen LogP contribution in [-0.4, -0.2) is 41.3 Å². The third kappa shape index (κ3) is 2.78. The van der Waals surface area contributed by atoms with Crippen LogP contribution in [0.2, 0.25) is 0 Å². The van der Waals surface area contributed by atoms with Gasteiger partial charge in [-0.1, -0.05) is 36.4 Å². The van der Waals surface area contributed by atoms with E-state index in [1.54, 1.807) is 23.1 Å². The number of likely N-dealkylation sites (N-methyl/N-ethyl adjacent to an activating group) is 1. The van der Waals surface area contributed by atoms with Crippen LogP contribution in [0.5, 0.6) is 0 Å². The highest BCUT2D eigenvalue weighted by Gasteiger charge is 2.32. The molecule has 1 N–H and O–H groups in total. The van der Waals surface area contributed by atoms with Crippen LogP contribution in [0.15, 0.2) is 48.5 Å². The lowest BCUT2D eigenvalue weighted by molar-refractivity contribution is -0.137. The number of amides is 1. The number of rotatable bonds is 3. The predicted octanol–water partition coefficient (Wildman–Crippen LogP) is 3.49. The number of para-hydroxylation sites is 1. The zero-order chi connectivity index (χ0) is 18.3. The van der Waals surface area contributed by atoms with Crippen molar-refractivity contribution in [1.29, 1.82) is 0 Å². The highest BCUT2D eigenvalue weighted by atomic mass is 19.1. The van der Waals surface area contributed by atoms with Crippen LogP contribution in [0.1, 0.15) is 22.9 Å². The summed E-state index contributed by atoms with van der Waals surface area (Å²) in [6.07, 6.45) is 0.808. The molecule has 0 radical (unpaired) electrons. The first-order valence-corrected chi connectivity index (χ1v) is 8.84. The van der Waals surface area contributed by atoms with Crippen molar-refractivity contribution in [1.82, 2.24) is 14.8 Å². The third-order valence-corrected chi connectivity index (χ3v) is 5.14. The fourth-order valence-electron chi connectivity index (χ4n) is 3.88. The second-order valence-corrected chi connectivity index (χ2v) is 7.03. The van der Waals surface area contributed by atoms with Gasteiger partial charge in [-0.2, -0.15) is 0 Å². The molecule has 2 heterocycles. The quantitative estimate of drug-likeness (QED) is 0.784. The molecule has 0 unspecified atom stereocenters. The van der Waals surface area contributed by atoms with Crippen LogP contribution in [0.3, 0.4) is 0 Å². The lowest BCUT2D eigenvalue weighted by atomic mass is 10.00. The van der Waals surface area contributed by atoms with Crippen molar-refractivity contribution in [2.75, 3.05) is 20.6 Å². The molecule has 0 spiro atoms. The van der Waals surface area contributed by atoms with E-state index >= 15 is 0 Å². The van der Waals surface area contributed by atoms with E-state index in [-0.39, 0.29) is 11.7 Å². The largest absolute Gasteiger partial charge is 0.357 e. The second-order valence-electron chi connectivity index (χ2n) is 7.03. The third-order valence-electron chi connectivity index (χ3n) is 5.14. The van der Waals surface area contributed by atoms with Gasteiger partial charge in [0.1, 0.15) is 11.9 Å². The molecule has 5 heteroatoms. The Hall–Kier alpha value is -2.66. The topological polar surface area (TPSA) is 39.3 Å². The second kappa shape index (κ2) is 6.57. The average molecular weight is 351 g/mol. The minimum absolute atomic E-state index is 0.0654. The maximum atomic E-state index is 14.3. The number of hydrogen-bond acceptors (Lipinski definition) is 2. The summed E-state index contributed by atoms with van der Waals surface area (Å²) >= 11 is 0. The summed E-state index contributed by atoms with van der Waals surface area (Å²) in [7, 11) is 3.63. The van der Waals surface area contributed by atoms with Gasteiger partial charge in [-0.05, 0) is 38.2 Å². The van der Waals surface area contributed by atoms with Crippen molar-refractivity contribution >= 4 is 16.8 Å². The molecule has 0 fully saturated rings. The number of carbonyl (C=O) groups excluding carboxylic acids is 1. The molecule has 1 atom stereocenters. The maximum Gasteiger partial charge on any atom is 0.244 e. The lowest BCUT2D eigenvalue weighted by Gasteiger charge is -2.33. The summed E-state index contributed by atoms with van der Waals surface area (Å²) in [5, 5.41) is 1.23. The summed E-state index contributed by atoms with van der Waals surface area (Å²) in [6.45, 7) is 1.17. The molecule has 134 valence electrons. The van der Waals surface area contributed by atoms with Gasteiger partial charge in [0.15, 0.2) is 0 Å². The Morgan fingerprint density at radius 3 is 2.65 bits per heavy atom. The van der Waals surface area contributed by atoms with Gasteiger partial charge >= 0.3 is 0 Å². The van der Waals surface area contributed by atoms with Gasteiger partial charge in [-0.3, -0.25) is 9.69 Å². The van der Waals surface area contributed by atoms with Crippen molar-refractivity contribution in [2.45, 2.75) is 19.0 Å². The monoisotopic (exact) mass is 351 g/mol. The van der Waals surface area contributed by atoms with Gasteiger partial charge in [-0.25, -0.2) is 4.39 Å². The van der Waals surface area contributed by atoms with Crippen molar-refractivity contribution in [2.24, 2.45) is 0 Å². The van der Waals surface area contributed by atoms with E-state index in [0.29, 0.717) is 18.7 Å². The van der Waals surface area contributed by atoms with Crippen molar-refractivity contribution < 1.29 is 9.18 Å². The summed E-state index contributed by atoms with van der Waals surface area (Å²) in [6, 6.07) is 14.1. The minimum Gasteiger partial charge on any atom is -0.357 e. The van der Waals surface area contributed by atoms with Crippen LogP contribution < -0.4 is 0 Å². The molecule has 0 saturated carbocycles. The molecule has 3 aromatic rings. The molecule has 2 aromatic carbocycles. The van der Waals surface area contributed by atoms with E-state index in [4.69, 9.17) is 0 Å². The number of fused-ring (bicyclic) bond motifs is 3. The number of carbonyl (C=O) groups is 1. The summed E-state index contributed by atoms with van der Waals surface area (Å²) in [5.74, 6) is -0.410. The van der Waals surface area contributed by atoms with Gasteiger partial charge in [-0.15, -0.1) is 0 Å². The van der Waals surface area contributed by atoms with Crippen molar-refractivity contribution in [3.05, 3.63) is 71.2 Å². The highest BCUT2D eigenvalue weighted by molar-refractivity contribution is 5.87. The van der Waals surface area contributed by atoms with Crippen LogP contribution in [0.4, 0.5) is 4.39 Å². The van der Waals surface area contributed by atoms with E-state index in [0.717, 1.165) is 17.6 Å².